The van der Waals surface area contributed by atoms with Crippen molar-refractivity contribution in [3.05, 3.63) is 47.8 Å². The lowest BCUT2D eigenvalue weighted by molar-refractivity contribution is -0.121. The fourth-order valence-corrected chi connectivity index (χ4v) is 3.92. The molecule has 2 aromatic carbocycles. The van der Waals surface area contributed by atoms with E-state index >= 15 is 0 Å². The number of amides is 1. The molecule has 0 aliphatic carbocycles. The molecule has 0 spiro atoms. The zero-order valence-electron chi connectivity index (χ0n) is 17.4. The third-order valence-corrected chi connectivity index (χ3v) is 6.27. The van der Waals surface area contributed by atoms with Gasteiger partial charge in [-0.1, -0.05) is 0 Å². The van der Waals surface area contributed by atoms with Crippen molar-refractivity contribution in [2.24, 2.45) is 0 Å². The number of methoxy groups -OCH3 is 3. The van der Waals surface area contributed by atoms with Crippen molar-refractivity contribution in [3.63, 3.8) is 0 Å². The Bertz CT molecular complexity index is 970. The SMILES string of the molecule is COc1cc(C(C)NC(=O)CN(C)S(=O)(=O)c2ccc(F)cc2)cc(OC)c1OC. The molecule has 0 aliphatic heterocycles. The summed E-state index contributed by atoms with van der Waals surface area (Å²) in [6, 6.07) is 7.33. The fraction of sp³-hybridized carbons (Fsp3) is 0.350. The quantitative estimate of drug-likeness (QED) is 0.643. The Morgan fingerprint density at radius 1 is 1.07 bits per heavy atom. The highest BCUT2D eigenvalue weighted by molar-refractivity contribution is 7.89. The van der Waals surface area contributed by atoms with E-state index in [0.29, 0.717) is 22.8 Å². The van der Waals surface area contributed by atoms with E-state index in [-0.39, 0.29) is 4.90 Å². The van der Waals surface area contributed by atoms with E-state index in [0.717, 1.165) is 28.6 Å². The highest BCUT2D eigenvalue weighted by atomic mass is 32.2. The van der Waals surface area contributed by atoms with Crippen LogP contribution in [0.1, 0.15) is 18.5 Å². The Hall–Kier alpha value is -2.85. The maximum Gasteiger partial charge on any atom is 0.243 e. The van der Waals surface area contributed by atoms with Gasteiger partial charge in [0.25, 0.3) is 0 Å². The molecule has 8 nitrogen and oxygen atoms in total. The van der Waals surface area contributed by atoms with E-state index in [1.54, 1.807) is 19.1 Å². The van der Waals surface area contributed by atoms with Crippen LogP contribution in [0.4, 0.5) is 4.39 Å². The van der Waals surface area contributed by atoms with Crippen LogP contribution in [-0.4, -0.2) is 53.6 Å². The number of nitrogens with one attached hydrogen (secondary N) is 1. The molecule has 0 saturated heterocycles. The first-order valence-corrected chi connectivity index (χ1v) is 10.4. The molecule has 1 atom stereocenters. The molecule has 1 amide bonds. The molecule has 10 heteroatoms. The van der Waals surface area contributed by atoms with Gasteiger partial charge >= 0.3 is 0 Å². The summed E-state index contributed by atoms with van der Waals surface area (Å²) in [5, 5.41) is 2.74. The fourth-order valence-electron chi connectivity index (χ4n) is 2.80. The zero-order valence-corrected chi connectivity index (χ0v) is 18.2. The Morgan fingerprint density at radius 2 is 1.60 bits per heavy atom. The van der Waals surface area contributed by atoms with Crippen LogP contribution in [0, 0.1) is 5.82 Å². The molecule has 0 heterocycles. The van der Waals surface area contributed by atoms with Crippen molar-refractivity contribution >= 4 is 15.9 Å². The number of halogens is 1. The van der Waals surface area contributed by atoms with Gasteiger partial charge in [-0.2, -0.15) is 4.31 Å². The molecule has 2 rings (SSSR count). The van der Waals surface area contributed by atoms with Crippen LogP contribution in [0.15, 0.2) is 41.3 Å². The van der Waals surface area contributed by atoms with Crippen molar-refractivity contribution in [1.82, 2.24) is 9.62 Å². The highest BCUT2D eigenvalue weighted by Gasteiger charge is 2.24. The predicted octanol–water partition coefficient (Wildman–Crippen LogP) is 2.35. The number of rotatable bonds is 9. The van der Waals surface area contributed by atoms with Crippen molar-refractivity contribution in [2.45, 2.75) is 17.9 Å². The van der Waals surface area contributed by atoms with Crippen LogP contribution >= 0.6 is 0 Å². The van der Waals surface area contributed by atoms with Gasteiger partial charge in [0, 0.05) is 7.05 Å². The van der Waals surface area contributed by atoms with Crippen molar-refractivity contribution in [1.29, 1.82) is 0 Å². The van der Waals surface area contributed by atoms with E-state index in [9.17, 15) is 17.6 Å². The molecule has 0 bridgehead atoms. The van der Waals surface area contributed by atoms with E-state index in [4.69, 9.17) is 14.2 Å². The lowest BCUT2D eigenvalue weighted by Crippen LogP contribution is -2.39. The number of hydrogen-bond donors (Lipinski definition) is 1. The van der Waals surface area contributed by atoms with Crippen LogP contribution in [0.25, 0.3) is 0 Å². The monoisotopic (exact) mass is 440 g/mol. The zero-order chi connectivity index (χ0) is 22.5. The van der Waals surface area contributed by atoms with Gasteiger partial charge in [0.2, 0.25) is 21.7 Å². The van der Waals surface area contributed by atoms with Crippen molar-refractivity contribution < 1.29 is 31.8 Å². The Balaban J connectivity index is 2.13. The largest absolute Gasteiger partial charge is 0.493 e. The van der Waals surface area contributed by atoms with Crippen LogP contribution in [-0.2, 0) is 14.8 Å². The van der Waals surface area contributed by atoms with Gasteiger partial charge in [0.15, 0.2) is 11.5 Å². The van der Waals surface area contributed by atoms with Crippen LogP contribution in [0.2, 0.25) is 0 Å². The average Bonchev–Trinajstić information content (AvgIpc) is 2.72. The summed E-state index contributed by atoms with van der Waals surface area (Å²) < 4.78 is 54.9. The Labute approximate surface area is 175 Å². The van der Waals surface area contributed by atoms with Crippen LogP contribution in [0.5, 0.6) is 17.2 Å². The molecule has 0 fully saturated rings. The minimum absolute atomic E-state index is 0.100. The van der Waals surface area contributed by atoms with Gasteiger partial charge in [-0.3, -0.25) is 4.79 Å². The maximum atomic E-state index is 13.0. The number of sulfonamides is 1. The van der Waals surface area contributed by atoms with Crippen molar-refractivity contribution in [2.75, 3.05) is 34.9 Å². The minimum Gasteiger partial charge on any atom is -0.493 e. The number of carbonyl (C=O) groups excluding carboxylic acids is 1. The molecule has 0 aliphatic rings. The molecule has 30 heavy (non-hydrogen) atoms. The van der Waals surface area contributed by atoms with E-state index < -0.39 is 34.3 Å². The highest BCUT2D eigenvalue weighted by Crippen LogP contribution is 2.39. The molecule has 1 unspecified atom stereocenters. The summed E-state index contributed by atoms with van der Waals surface area (Å²) in [5.41, 5.74) is 0.682. The normalized spacial score (nSPS) is 12.4. The molecule has 1 N–H and O–H groups in total. The lowest BCUT2D eigenvalue weighted by Gasteiger charge is -2.21. The van der Waals surface area contributed by atoms with Crippen LogP contribution < -0.4 is 19.5 Å². The second-order valence-corrected chi connectivity index (χ2v) is 8.51. The summed E-state index contributed by atoms with van der Waals surface area (Å²) in [6.45, 7) is 1.33. The standard InChI is InChI=1S/C20H25FN2O6S/c1-13(14-10-17(27-3)20(29-5)18(11-14)28-4)22-19(24)12-23(2)30(25,26)16-8-6-15(21)7-9-16/h6-11,13H,12H2,1-5H3,(H,22,24). The first-order valence-electron chi connectivity index (χ1n) is 8.95. The second-order valence-electron chi connectivity index (χ2n) is 6.46. The molecular weight excluding hydrogens is 415 g/mol. The molecular formula is C20H25FN2O6S. The van der Waals surface area contributed by atoms with Gasteiger partial charge in [0.05, 0.1) is 38.8 Å². The average molecular weight is 440 g/mol. The smallest absolute Gasteiger partial charge is 0.243 e. The first-order chi connectivity index (χ1) is 14.1. The van der Waals surface area contributed by atoms with Crippen molar-refractivity contribution in [3.8, 4) is 17.2 Å². The van der Waals surface area contributed by atoms with Gasteiger partial charge in [-0.05, 0) is 48.9 Å². The first kappa shape index (κ1) is 23.4. The topological polar surface area (TPSA) is 94.2 Å². The number of ether oxygens (including phenoxy) is 3. The van der Waals surface area contributed by atoms with E-state index in [1.165, 1.54) is 28.4 Å². The number of carbonyl (C=O) groups is 1. The van der Waals surface area contributed by atoms with Gasteiger partial charge in [0.1, 0.15) is 5.82 Å². The molecule has 0 radical (unpaired) electrons. The summed E-state index contributed by atoms with van der Waals surface area (Å²) in [5.74, 6) is 0.235. The van der Waals surface area contributed by atoms with Crippen LogP contribution in [0.3, 0.4) is 0 Å². The third kappa shape index (κ3) is 5.19. The van der Waals surface area contributed by atoms with Gasteiger partial charge < -0.3 is 19.5 Å². The Morgan fingerprint density at radius 3 is 2.07 bits per heavy atom. The molecule has 0 aromatic heterocycles. The van der Waals surface area contributed by atoms with Gasteiger partial charge in [-0.15, -0.1) is 0 Å². The van der Waals surface area contributed by atoms with E-state index in [1.807, 2.05) is 0 Å². The maximum absolute atomic E-state index is 13.0. The molecule has 0 saturated carbocycles. The third-order valence-electron chi connectivity index (χ3n) is 4.45. The minimum atomic E-state index is -3.93. The predicted molar refractivity (Wildman–Crippen MR) is 109 cm³/mol. The number of benzene rings is 2. The molecule has 164 valence electrons. The van der Waals surface area contributed by atoms with E-state index in [2.05, 4.69) is 5.32 Å². The number of hydrogen-bond acceptors (Lipinski definition) is 6. The summed E-state index contributed by atoms with van der Waals surface area (Å²) in [4.78, 5) is 12.3. The Kier molecular flexibility index (Phi) is 7.63. The number of nitrogens with zero attached hydrogens (tertiary/aromatic N) is 1. The number of likely N-dealkylation sites (N-methyl/N-ethyl adjacent to an activating group) is 1. The summed E-state index contributed by atoms with van der Waals surface area (Å²) >= 11 is 0. The molecule has 2 aromatic rings. The summed E-state index contributed by atoms with van der Waals surface area (Å²) in [7, 11) is 1.81. The van der Waals surface area contributed by atoms with Gasteiger partial charge in [-0.25, -0.2) is 12.8 Å². The summed E-state index contributed by atoms with van der Waals surface area (Å²) in [6.07, 6.45) is 0. The lowest BCUT2D eigenvalue weighted by atomic mass is 10.1. The second kappa shape index (κ2) is 9.77.